The number of amides is 3. The molecule has 0 spiro atoms. The first kappa shape index (κ1) is 89.6. The highest BCUT2D eigenvalue weighted by molar-refractivity contribution is 5.86. The molecule has 4 aliphatic heterocycles. The molecule has 0 bridgehead atoms. The molecule has 622 valence electrons. The maximum absolute atomic E-state index is 13.9. The summed E-state index contributed by atoms with van der Waals surface area (Å²) in [4.78, 5) is 79.6. The fraction of sp³-hybridized carbons (Fsp3) is 0.918. The van der Waals surface area contributed by atoms with Gasteiger partial charge in [-0.15, -0.1) is 0 Å². The minimum atomic E-state index is -1.69. The van der Waals surface area contributed by atoms with Crippen LogP contribution in [0.2, 0.25) is 0 Å². The van der Waals surface area contributed by atoms with Crippen molar-refractivity contribution in [2.75, 3.05) is 72.6 Å². The number of carbonyl (C=O) groups is 6. The lowest BCUT2D eigenvalue weighted by Gasteiger charge is -2.48. The quantitative estimate of drug-likeness (QED) is 0.0322. The Morgan fingerprint density at radius 2 is 0.824 bits per heavy atom. The Balaban J connectivity index is 0.771. The molecule has 4 saturated heterocycles. The van der Waals surface area contributed by atoms with Crippen LogP contribution in [0.15, 0.2) is 0 Å². The number of hydrogen-bond donors (Lipinski definition) is 15. The predicted molar refractivity (Wildman–Crippen MR) is 372 cm³/mol. The summed E-state index contributed by atoms with van der Waals surface area (Å²) in [7, 11) is 0. The molecule has 0 aromatic rings. The number of nitrogens with one attached hydrogen (secondary N) is 3. The number of hydrogen-bond acceptors (Lipinski definition) is 30. The van der Waals surface area contributed by atoms with E-state index in [0.717, 1.165) is 64.2 Å². The van der Waals surface area contributed by atoms with E-state index in [1.54, 1.807) is 0 Å². The van der Waals surface area contributed by atoms with E-state index in [2.05, 4.69) is 16.0 Å². The van der Waals surface area contributed by atoms with E-state index in [4.69, 9.17) is 66.3 Å². The van der Waals surface area contributed by atoms with Crippen LogP contribution < -0.4 is 16.0 Å². The Morgan fingerprint density at radius 1 is 0.417 bits per heavy atom. The highest BCUT2D eigenvalue weighted by atomic mass is 16.7. The maximum atomic E-state index is 13.9. The van der Waals surface area contributed by atoms with E-state index in [9.17, 15) is 90.0 Å². The summed E-state index contributed by atoms with van der Waals surface area (Å²) in [6.45, 7) is 4.19. The Hall–Kier alpha value is -3.94. The molecule has 0 aromatic heterocycles. The summed E-state index contributed by atoms with van der Waals surface area (Å²) in [5.74, 6) is -5.59. The average molecular weight is 1550 g/mol. The Morgan fingerprint density at radius 3 is 1.23 bits per heavy atom. The van der Waals surface area contributed by atoms with Crippen LogP contribution in [0.3, 0.4) is 0 Å². The molecule has 35 nitrogen and oxygen atoms in total. The molecule has 108 heavy (non-hydrogen) atoms. The van der Waals surface area contributed by atoms with Crippen molar-refractivity contribution in [2.45, 2.75) is 328 Å². The number of carboxylic acids is 2. The second-order valence-corrected chi connectivity index (χ2v) is 30.2. The normalized spacial score (nSPS) is 37.2. The molecule has 8 rings (SSSR count). The lowest BCUT2D eigenvalue weighted by molar-refractivity contribution is -0.337. The topological polar surface area (TPSA) is 510 Å². The number of aliphatic hydroxyl groups excluding tert-OH is 10. The van der Waals surface area contributed by atoms with E-state index in [-0.39, 0.29) is 95.6 Å². The number of aliphatic hydroxyl groups is 10. The van der Waals surface area contributed by atoms with Crippen molar-refractivity contribution < 1.29 is 156 Å². The van der Waals surface area contributed by atoms with E-state index in [1.807, 2.05) is 13.8 Å². The Bertz CT molecular complexity index is 2530. The van der Waals surface area contributed by atoms with Crippen LogP contribution >= 0.6 is 0 Å². The second-order valence-electron chi connectivity index (χ2n) is 30.2. The largest absolute Gasteiger partial charge is 0.479 e. The minimum Gasteiger partial charge on any atom is -0.479 e. The first-order valence-corrected chi connectivity index (χ1v) is 39.2. The number of Topliss-reactive ketones (excluding diaryl/α,β-unsaturated/α-hetero) is 1. The zero-order chi connectivity index (χ0) is 78.1. The third kappa shape index (κ3) is 25.8. The number of carboxylic acid groups (broad SMARTS) is 2. The van der Waals surface area contributed by atoms with Gasteiger partial charge in [-0.25, -0.2) is 9.59 Å². The van der Waals surface area contributed by atoms with Gasteiger partial charge in [-0.05, 0) is 76.0 Å². The number of carbonyl (C=O) groups excluding carboxylic acids is 4. The number of aliphatic carboxylic acids is 2. The lowest BCUT2D eigenvalue weighted by Crippen LogP contribution is -2.67. The molecular formula is C73H123N3O32. The van der Waals surface area contributed by atoms with Crippen molar-refractivity contribution in [1.29, 1.82) is 0 Å². The Kier molecular flexibility index (Phi) is 37.5. The average Bonchev–Trinajstić information content (AvgIpc) is 0.783. The summed E-state index contributed by atoms with van der Waals surface area (Å²) >= 11 is 0. The SMILES string of the molecule is CCC1CCC[C@@H](O[C@@H]2O[C@@H](CO)[C@H](O)C(O[C@@H](CC3CCCCC3)C(=O)O)C2NC(=O)CCC(=O)COCCOCCOCCOCC(=O)NCC(=O)NC2C(O[C@@H](CC3CCCCC3)C(=O)O)[C@@H](O)[C@H](CO)O[C@H]2O[C@@H]2CCCC(CC)[C@H]2O[C@@H]2OC(C)[C@@H](O)[C@H](O)C2O)[C@@H]1O[C@@H]1OC(C)[C@@H](O)[C@H](O)C1O. The lowest BCUT2D eigenvalue weighted by atomic mass is 9.82. The number of ether oxygens (including phenoxy) is 14. The molecule has 4 saturated carbocycles. The van der Waals surface area contributed by atoms with Crippen molar-refractivity contribution in [3.63, 3.8) is 0 Å². The molecular weight excluding hydrogens is 1430 g/mol. The van der Waals surface area contributed by atoms with Gasteiger partial charge < -0.3 is 144 Å². The molecule has 10 unspecified atom stereocenters. The van der Waals surface area contributed by atoms with Crippen LogP contribution in [0.1, 0.15) is 169 Å². The van der Waals surface area contributed by atoms with Crippen LogP contribution in [0.25, 0.3) is 0 Å². The van der Waals surface area contributed by atoms with E-state index < -0.39 is 221 Å². The molecule has 8 fully saturated rings. The zero-order valence-electron chi connectivity index (χ0n) is 62.7. The monoisotopic (exact) mass is 1550 g/mol. The molecule has 0 radical (unpaired) electrons. The van der Waals surface area contributed by atoms with Crippen LogP contribution in [-0.4, -0.2) is 329 Å². The summed E-state index contributed by atoms with van der Waals surface area (Å²) < 4.78 is 84.6. The highest BCUT2D eigenvalue weighted by Gasteiger charge is 2.55. The van der Waals surface area contributed by atoms with Gasteiger partial charge >= 0.3 is 11.9 Å². The highest BCUT2D eigenvalue weighted by Crippen LogP contribution is 2.41. The maximum Gasteiger partial charge on any atom is 0.332 e. The molecule has 35 heteroatoms. The van der Waals surface area contributed by atoms with Gasteiger partial charge in [0.15, 0.2) is 43.2 Å². The van der Waals surface area contributed by atoms with Crippen molar-refractivity contribution in [3.8, 4) is 0 Å². The van der Waals surface area contributed by atoms with Crippen LogP contribution in [0.4, 0.5) is 0 Å². The zero-order valence-corrected chi connectivity index (χ0v) is 62.7. The third-order valence-corrected chi connectivity index (χ3v) is 22.4. The summed E-state index contributed by atoms with van der Waals surface area (Å²) in [5.41, 5.74) is 0. The molecule has 15 N–H and O–H groups in total. The third-order valence-electron chi connectivity index (χ3n) is 22.4. The van der Waals surface area contributed by atoms with E-state index >= 15 is 0 Å². The first-order chi connectivity index (χ1) is 51.8. The van der Waals surface area contributed by atoms with Gasteiger partial charge in [-0.3, -0.25) is 19.2 Å². The smallest absolute Gasteiger partial charge is 0.332 e. The van der Waals surface area contributed by atoms with Crippen molar-refractivity contribution >= 4 is 35.4 Å². The van der Waals surface area contributed by atoms with Gasteiger partial charge in [0.25, 0.3) is 0 Å². The van der Waals surface area contributed by atoms with Crippen LogP contribution in [0.5, 0.6) is 0 Å². The van der Waals surface area contributed by atoms with Crippen molar-refractivity contribution in [1.82, 2.24) is 16.0 Å². The summed E-state index contributed by atoms with van der Waals surface area (Å²) in [6, 6.07) is -2.84. The standard InChI is InChI=1S/C73H123N3O32/c1-5-42-19-13-21-45(64(42)107-72-62(89)60(87)56(83)38(3)99-72)103-70-54(66(58(85)49(34-77)105-70)101-47(68(91)92)31-40-15-9-7-10-16-40)75-51(80)24-23-44(79)36-97-29-27-95-25-26-96-28-30-98-37-53(82)74-33-52(81)76-55-67(102-48(69(93)94)32-41-17-11-8-12-18-41)59(86)50(35-78)106-71(55)104-46-22-14-20-43(6-2)65(46)108-73-63(90)61(88)57(84)39(4)100-73/h38-43,45-50,54-67,70-73,77-78,83-90H,5-37H2,1-4H3,(H,74,82)(H,75,80)(H,76,81)(H,91,92)(H,93,94)/t38?,39?,42?,43?,45-,46-,47+,48+,49+,50+,54?,55?,56-,57-,58+,59+,60+,61+,62?,63?,64-,65-,66?,67?,70-,71-,72+,73+/m1/s1. The first-order valence-electron chi connectivity index (χ1n) is 39.2. The van der Waals surface area contributed by atoms with Gasteiger partial charge in [-0.1, -0.05) is 104 Å². The molecule has 28 atom stereocenters. The fourth-order valence-electron chi connectivity index (χ4n) is 16.1. The fourth-order valence-corrected chi connectivity index (χ4v) is 16.1. The van der Waals surface area contributed by atoms with Gasteiger partial charge in [0, 0.05) is 12.8 Å². The molecule has 3 amide bonds. The van der Waals surface area contributed by atoms with E-state index in [1.165, 1.54) is 13.8 Å². The predicted octanol–water partition coefficient (Wildman–Crippen LogP) is -1.12. The van der Waals surface area contributed by atoms with Gasteiger partial charge in [-0.2, -0.15) is 0 Å². The van der Waals surface area contributed by atoms with Crippen LogP contribution in [-0.2, 0) is 95.1 Å². The minimum absolute atomic E-state index is 0.00699. The van der Waals surface area contributed by atoms with Gasteiger partial charge in [0.1, 0.15) is 98.5 Å². The van der Waals surface area contributed by atoms with Crippen molar-refractivity contribution in [3.05, 3.63) is 0 Å². The van der Waals surface area contributed by atoms with E-state index in [0.29, 0.717) is 51.4 Å². The second kappa shape index (κ2) is 45.2. The number of rotatable bonds is 42. The summed E-state index contributed by atoms with van der Waals surface area (Å²) in [6.07, 6.45) is -19.2. The van der Waals surface area contributed by atoms with Gasteiger partial charge in [0.2, 0.25) is 17.7 Å². The summed E-state index contributed by atoms with van der Waals surface area (Å²) in [5, 5.41) is 137. The molecule has 8 aliphatic rings. The van der Waals surface area contributed by atoms with Gasteiger partial charge in [0.05, 0.1) is 96.0 Å². The number of ketones is 1. The van der Waals surface area contributed by atoms with Crippen LogP contribution in [0, 0.1) is 23.7 Å². The molecule has 4 aliphatic carbocycles. The Labute approximate surface area is 630 Å². The molecule has 4 heterocycles. The molecule has 0 aromatic carbocycles. The van der Waals surface area contributed by atoms with Crippen molar-refractivity contribution in [2.24, 2.45) is 23.7 Å².